The van der Waals surface area contributed by atoms with Crippen molar-refractivity contribution in [2.45, 2.75) is 6.92 Å². The molecule has 0 aliphatic rings. The quantitative estimate of drug-likeness (QED) is 0.668. The molecule has 106 valence electrons. The maximum absolute atomic E-state index is 12.1. The van der Waals surface area contributed by atoms with Gasteiger partial charge in [-0.25, -0.2) is 0 Å². The standard InChI is InChI=1S/C17H15NO3/c1-12(19)18-15-4-2-3-14(11-15)17(21)10-7-13-5-8-16(20)9-6-13/h2-11,20H,1H3,(H,18,19). The number of benzene rings is 2. The van der Waals surface area contributed by atoms with Crippen LogP contribution in [0.5, 0.6) is 5.75 Å². The second-order valence-corrected chi connectivity index (χ2v) is 4.55. The van der Waals surface area contributed by atoms with Crippen molar-refractivity contribution in [3.63, 3.8) is 0 Å². The van der Waals surface area contributed by atoms with Crippen LogP contribution in [0.15, 0.2) is 54.6 Å². The van der Waals surface area contributed by atoms with E-state index < -0.39 is 0 Å². The molecule has 0 saturated carbocycles. The van der Waals surface area contributed by atoms with Crippen LogP contribution in [0, 0.1) is 0 Å². The molecule has 0 aliphatic carbocycles. The van der Waals surface area contributed by atoms with Crippen LogP contribution in [-0.2, 0) is 4.79 Å². The summed E-state index contributed by atoms with van der Waals surface area (Å²) in [7, 11) is 0. The summed E-state index contributed by atoms with van der Waals surface area (Å²) < 4.78 is 0. The number of phenols is 1. The first-order chi connectivity index (χ1) is 10.0. The van der Waals surface area contributed by atoms with E-state index in [4.69, 9.17) is 0 Å². The molecule has 0 spiro atoms. The number of hydrogen-bond donors (Lipinski definition) is 2. The highest BCUT2D eigenvalue weighted by atomic mass is 16.3. The molecule has 2 aromatic carbocycles. The van der Waals surface area contributed by atoms with E-state index >= 15 is 0 Å². The number of nitrogens with one attached hydrogen (secondary N) is 1. The van der Waals surface area contributed by atoms with Gasteiger partial charge in [0.2, 0.25) is 5.91 Å². The monoisotopic (exact) mass is 281 g/mol. The van der Waals surface area contributed by atoms with Crippen molar-refractivity contribution >= 4 is 23.5 Å². The van der Waals surface area contributed by atoms with Gasteiger partial charge in [0.1, 0.15) is 5.75 Å². The van der Waals surface area contributed by atoms with E-state index in [1.165, 1.54) is 13.0 Å². The van der Waals surface area contributed by atoms with Crippen molar-refractivity contribution in [1.29, 1.82) is 0 Å². The van der Waals surface area contributed by atoms with Gasteiger partial charge in [-0.15, -0.1) is 0 Å². The third-order valence-corrected chi connectivity index (χ3v) is 2.79. The molecule has 1 amide bonds. The lowest BCUT2D eigenvalue weighted by molar-refractivity contribution is -0.114. The molecule has 4 heteroatoms. The Bertz CT molecular complexity index is 687. The summed E-state index contributed by atoms with van der Waals surface area (Å²) in [4.78, 5) is 23.1. The topological polar surface area (TPSA) is 66.4 Å². The molecule has 0 heterocycles. The predicted octanol–water partition coefficient (Wildman–Crippen LogP) is 3.25. The van der Waals surface area contributed by atoms with Crippen LogP contribution in [0.1, 0.15) is 22.8 Å². The molecule has 0 bridgehead atoms. The van der Waals surface area contributed by atoms with Gasteiger partial charge in [-0.1, -0.05) is 30.3 Å². The lowest BCUT2D eigenvalue weighted by atomic mass is 10.1. The maximum atomic E-state index is 12.1. The van der Waals surface area contributed by atoms with Gasteiger partial charge in [0.15, 0.2) is 5.78 Å². The van der Waals surface area contributed by atoms with Gasteiger partial charge in [-0.2, -0.15) is 0 Å². The van der Waals surface area contributed by atoms with Crippen LogP contribution in [0.4, 0.5) is 5.69 Å². The van der Waals surface area contributed by atoms with Crippen LogP contribution < -0.4 is 5.32 Å². The van der Waals surface area contributed by atoms with Crippen LogP contribution >= 0.6 is 0 Å². The fraction of sp³-hybridized carbons (Fsp3) is 0.0588. The van der Waals surface area contributed by atoms with Crippen molar-refractivity contribution in [3.8, 4) is 5.75 Å². The van der Waals surface area contributed by atoms with Crippen LogP contribution in [0.2, 0.25) is 0 Å². The number of anilines is 1. The minimum Gasteiger partial charge on any atom is -0.508 e. The highest BCUT2D eigenvalue weighted by Gasteiger charge is 2.03. The molecule has 0 aromatic heterocycles. The third-order valence-electron chi connectivity index (χ3n) is 2.79. The van der Waals surface area contributed by atoms with Crippen molar-refractivity contribution in [3.05, 3.63) is 65.7 Å². The molecule has 0 aliphatic heterocycles. The molecule has 4 nitrogen and oxygen atoms in total. The van der Waals surface area contributed by atoms with Gasteiger partial charge in [-0.05, 0) is 35.9 Å². The molecular formula is C17H15NO3. The van der Waals surface area contributed by atoms with Crippen molar-refractivity contribution < 1.29 is 14.7 Å². The first-order valence-electron chi connectivity index (χ1n) is 6.44. The van der Waals surface area contributed by atoms with E-state index in [1.54, 1.807) is 54.6 Å². The number of aromatic hydroxyl groups is 1. The van der Waals surface area contributed by atoms with Gasteiger partial charge in [0, 0.05) is 18.2 Å². The van der Waals surface area contributed by atoms with Gasteiger partial charge < -0.3 is 10.4 Å². The van der Waals surface area contributed by atoms with Crippen LogP contribution in [0.25, 0.3) is 6.08 Å². The second-order valence-electron chi connectivity index (χ2n) is 4.55. The number of carbonyl (C=O) groups excluding carboxylic acids is 2. The molecular weight excluding hydrogens is 266 g/mol. The fourth-order valence-corrected chi connectivity index (χ4v) is 1.81. The Morgan fingerprint density at radius 1 is 1.10 bits per heavy atom. The Morgan fingerprint density at radius 3 is 2.48 bits per heavy atom. The van der Waals surface area contributed by atoms with E-state index in [0.717, 1.165) is 5.56 Å². The number of allylic oxidation sites excluding steroid dienone is 1. The van der Waals surface area contributed by atoms with Crippen molar-refractivity contribution in [2.75, 3.05) is 5.32 Å². The van der Waals surface area contributed by atoms with E-state index in [9.17, 15) is 14.7 Å². The Morgan fingerprint density at radius 2 is 1.81 bits per heavy atom. The SMILES string of the molecule is CC(=O)Nc1cccc(C(=O)C=Cc2ccc(O)cc2)c1. The number of phenolic OH excluding ortho intramolecular Hbond substituents is 1. The fourth-order valence-electron chi connectivity index (χ4n) is 1.81. The minimum absolute atomic E-state index is 0.157. The first kappa shape index (κ1) is 14.5. The maximum Gasteiger partial charge on any atom is 0.221 e. The Hall–Kier alpha value is -2.88. The lowest BCUT2D eigenvalue weighted by Crippen LogP contribution is -2.06. The highest BCUT2D eigenvalue weighted by Crippen LogP contribution is 2.14. The number of carbonyl (C=O) groups is 2. The van der Waals surface area contributed by atoms with Gasteiger partial charge >= 0.3 is 0 Å². The smallest absolute Gasteiger partial charge is 0.221 e. The van der Waals surface area contributed by atoms with E-state index in [-0.39, 0.29) is 17.4 Å². The highest BCUT2D eigenvalue weighted by molar-refractivity contribution is 6.07. The summed E-state index contributed by atoms with van der Waals surface area (Å²) in [5, 5.41) is 11.8. The molecule has 2 aromatic rings. The molecule has 2 N–H and O–H groups in total. The van der Waals surface area contributed by atoms with E-state index in [0.29, 0.717) is 11.3 Å². The van der Waals surface area contributed by atoms with Gasteiger partial charge in [-0.3, -0.25) is 9.59 Å². The first-order valence-corrected chi connectivity index (χ1v) is 6.44. The summed E-state index contributed by atoms with van der Waals surface area (Å²) in [6, 6.07) is 13.3. The minimum atomic E-state index is -0.181. The Kier molecular flexibility index (Phi) is 4.51. The van der Waals surface area contributed by atoms with Crippen molar-refractivity contribution in [1.82, 2.24) is 0 Å². The third kappa shape index (κ3) is 4.31. The largest absolute Gasteiger partial charge is 0.508 e. The lowest BCUT2D eigenvalue weighted by Gasteiger charge is -2.03. The molecule has 0 fully saturated rings. The average molecular weight is 281 g/mol. The van der Waals surface area contributed by atoms with Gasteiger partial charge in [0.05, 0.1) is 0 Å². The van der Waals surface area contributed by atoms with Crippen LogP contribution in [-0.4, -0.2) is 16.8 Å². The predicted molar refractivity (Wildman–Crippen MR) is 82.2 cm³/mol. The zero-order valence-electron chi connectivity index (χ0n) is 11.5. The summed E-state index contributed by atoms with van der Waals surface area (Å²) >= 11 is 0. The van der Waals surface area contributed by atoms with Crippen LogP contribution in [0.3, 0.4) is 0 Å². The van der Waals surface area contributed by atoms with Gasteiger partial charge in [0.25, 0.3) is 0 Å². The number of hydrogen-bond acceptors (Lipinski definition) is 3. The number of rotatable bonds is 4. The molecule has 2 rings (SSSR count). The molecule has 21 heavy (non-hydrogen) atoms. The molecule has 0 unspecified atom stereocenters. The average Bonchev–Trinajstić information content (AvgIpc) is 2.46. The van der Waals surface area contributed by atoms with Crippen molar-refractivity contribution in [2.24, 2.45) is 0 Å². The zero-order chi connectivity index (χ0) is 15.2. The number of ketones is 1. The Labute approximate surface area is 122 Å². The summed E-state index contributed by atoms with van der Waals surface area (Å²) in [6.45, 7) is 1.42. The van der Waals surface area contributed by atoms with E-state index in [1.807, 2.05) is 0 Å². The summed E-state index contributed by atoms with van der Waals surface area (Å²) in [5.74, 6) is -0.156. The van der Waals surface area contributed by atoms with E-state index in [2.05, 4.69) is 5.32 Å². The summed E-state index contributed by atoms with van der Waals surface area (Å²) in [5.41, 5.74) is 1.90. The summed E-state index contributed by atoms with van der Waals surface area (Å²) in [6.07, 6.45) is 3.13. The normalized spacial score (nSPS) is 10.5. The molecule has 0 radical (unpaired) electrons. The second kappa shape index (κ2) is 6.52. The zero-order valence-corrected chi connectivity index (χ0v) is 11.5. The number of amides is 1. The molecule has 0 saturated heterocycles. The molecule has 0 atom stereocenters. The Balaban J connectivity index is 2.12.